The van der Waals surface area contributed by atoms with E-state index in [9.17, 15) is 4.79 Å². The third-order valence-electron chi connectivity index (χ3n) is 1.82. The maximum atomic E-state index is 11.2. The predicted octanol–water partition coefficient (Wildman–Crippen LogP) is 1.68. The second kappa shape index (κ2) is 6.53. The highest BCUT2D eigenvalue weighted by atomic mass is 32.2. The van der Waals surface area contributed by atoms with Crippen LogP contribution < -0.4 is 0 Å². The molecule has 0 aliphatic heterocycles. The SMILES string of the molecule is COC(=O)c1occc1CSCCCO. The zero-order valence-electron chi connectivity index (χ0n) is 8.56. The largest absolute Gasteiger partial charge is 0.463 e. The molecule has 5 heteroatoms. The first kappa shape index (κ1) is 12.1. The van der Waals surface area contributed by atoms with Gasteiger partial charge in [0, 0.05) is 17.9 Å². The third-order valence-corrected chi connectivity index (χ3v) is 2.91. The van der Waals surface area contributed by atoms with Gasteiger partial charge < -0.3 is 14.3 Å². The number of aliphatic hydroxyl groups is 1. The smallest absolute Gasteiger partial charge is 0.374 e. The maximum absolute atomic E-state index is 11.2. The van der Waals surface area contributed by atoms with Gasteiger partial charge in [0.15, 0.2) is 0 Å². The minimum atomic E-state index is -0.447. The van der Waals surface area contributed by atoms with E-state index >= 15 is 0 Å². The Kier molecular flexibility index (Phi) is 5.28. The molecular formula is C10H14O4S. The molecule has 0 aromatic carbocycles. The second-order valence-electron chi connectivity index (χ2n) is 2.90. The van der Waals surface area contributed by atoms with Crippen LogP contribution in [-0.2, 0) is 10.5 Å². The number of thioether (sulfide) groups is 1. The van der Waals surface area contributed by atoms with E-state index in [1.165, 1.54) is 13.4 Å². The van der Waals surface area contributed by atoms with E-state index in [-0.39, 0.29) is 12.4 Å². The fourth-order valence-corrected chi connectivity index (χ4v) is 1.99. The van der Waals surface area contributed by atoms with Crippen LogP contribution in [-0.4, -0.2) is 30.5 Å². The maximum Gasteiger partial charge on any atom is 0.374 e. The molecule has 0 aliphatic carbocycles. The van der Waals surface area contributed by atoms with Gasteiger partial charge in [-0.2, -0.15) is 11.8 Å². The molecule has 1 heterocycles. The Morgan fingerprint density at radius 2 is 2.47 bits per heavy atom. The predicted molar refractivity (Wildman–Crippen MR) is 57.9 cm³/mol. The van der Waals surface area contributed by atoms with Crippen molar-refractivity contribution < 1.29 is 19.1 Å². The van der Waals surface area contributed by atoms with Crippen molar-refractivity contribution in [2.75, 3.05) is 19.5 Å². The molecule has 0 unspecified atom stereocenters. The molecule has 0 spiro atoms. The lowest BCUT2D eigenvalue weighted by Crippen LogP contribution is -2.02. The van der Waals surface area contributed by atoms with E-state index in [0.29, 0.717) is 5.75 Å². The second-order valence-corrected chi connectivity index (χ2v) is 4.00. The summed E-state index contributed by atoms with van der Waals surface area (Å²) in [5, 5.41) is 8.60. The zero-order valence-corrected chi connectivity index (χ0v) is 9.38. The number of hydrogen-bond donors (Lipinski definition) is 1. The molecule has 1 aromatic rings. The van der Waals surface area contributed by atoms with Gasteiger partial charge in [0.05, 0.1) is 13.4 Å². The molecule has 84 valence electrons. The highest BCUT2D eigenvalue weighted by Gasteiger charge is 2.15. The van der Waals surface area contributed by atoms with Crippen LogP contribution in [0.1, 0.15) is 22.5 Å². The summed E-state index contributed by atoms with van der Waals surface area (Å²) < 4.78 is 9.62. The van der Waals surface area contributed by atoms with Crippen LogP contribution >= 0.6 is 11.8 Å². The Balaban J connectivity index is 2.46. The van der Waals surface area contributed by atoms with E-state index in [1.54, 1.807) is 17.8 Å². The molecule has 0 aliphatic rings. The highest BCUT2D eigenvalue weighted by molar-refractivity contribution is 7.98. The Bertz CT molecular complexity index is 308. The van der Waals surface area contributed by atoms with Crippen molar-refractivity contribution in [2.24, 2.45) is 0 Å². The Hall–Kier alpha value is -0.940. The summed E-state index contributed by atoms with van der Waals surface area (Å²) in [6.45, 7) is 0.197. The molecule has 0 atom stereocenters. The summed E-state index contributed by atoms with van der Waals surface area (Å²) in [4.78, 5) is 11.2. The van der Waals surface area contributed by atoms with Crippen molar-refractivity contribution in [3.05, 3.63) is 23.7 Å². The number of aliphatic hydroxyl groups excluding tert-OH is 1. The Labute approximate surface area is 92.6 Å². The fourth-order valence-electron chi connectivity index (χ4n) is 1.07. The van der Waals surface area contributed by atoms with Gasteiger partial charge in [-0.25, -0.2) is 4.79 Å². The Morgan fingerprint density at radius 1 is 1.67 bits per heavy atom. The van der Waals surface area contributed by atoms with E-state index in [1.807, 2.05) is 0 Å². The van der Waals surface area contributed by atoms with Crippen molar-refractivity contribution in [3.63, 3.8) is 0 Å². The molecule has 1 rings (SSSR count). The summed E-state index contributed by atoms with van der Waals surface area (Å²) in [7, 11) is 1.33. The first-order valence-corrected chi connectivity index (χ1v) is 5.78. The summed E-state index contributed by atoms with van der Waals surface area (Å²) in [6.07, 6.45) is 2.24. The van der Waals surface area contributed by atoms with Gasteiger partial charge in [0.25, 0.3) is 0 Å². The van der Waals surface area contributed by atoms with Crippen molar-refractivity contribution in [1.29, 1.82) is 0 Å². The van der Waals surface area contributed by atoms with E-state index in [2.05, 4.69) is 4.74 Å². The van der Waals surface area contributed by atoms with Crippen LogP contribution in [0.5, 0.6) is 0 Å². The van der Waals surface area contributed by atoms with Crippen LogP contribution in [0.15, 0.2) is 16.7 Å². The molecule has 0 saturated heterocycles. The monoisotopic (exact) mass is 230 g/mol. The van der Waals surface area contributed by atoms with E-state index in [0.717, 1.165) is 17.7 Å². The molecule has 0 fully saturated rings. The van der Waals surface area contributed by atoms with E-state index < -0.39 is 5.97 Å². The number of esters is 1. The number of carbonyl (C=O) groups is 1. The molecule has 4 nitrogen and oxygen atoms in total. The third kappa shape index (κ3) is 3.60. The molecule has 0 radical (unpaired) electrons. The lowest BCUT2D eigenvalue weighted by Gasteiger charge is -2.00. The highest BCUT2D eigenvalue weighted by Crippen LogP contribution is 2.18. The summed E-state index contributed by atoms with van der Waals surface area (Å²) in [5.74, 6) is 1.38. The van der Waals surface area contributed by atoms with Crippen LogP contribution in [0.4, 0.5) is 0 Å². The summed E-state index contributed by atoms with van der Waals surface area (Å²) >= 11 is 1.65. The molecule has 0 bridgehead atoms. The van der Waals surface area contributed by atoms with Gasteiger partial charge in [0.1, 0.15) is 0 Å². The molecule has 0 saturated carbocycles. The topological polar surface area (TPSA) is 59.7 Å². The lowest BCUT2D eigenvalue weighted by atomic mass is 10.3. The number of hydrogen-bond acceptors (Lipinski definition) is 5. The van der Waals surface area contributed by atoms with Crippen LogP contribution in [0.3, 0.4) is 0 Å². The van der Waals surface area contributed by atoms with Crippen LogP contribution in [0, 0.1) is 0 Å². The van der Waals surface area contributed by atoms with Gasteiger partial charge in [0.2, 0.25) is 5.76 Å². The molecular weight excluding hydrogens is 216 g/mol. The molecule has 1 aromatic heterocycles. The first-order chi connectivity index (χ1) is 7.29. The van der Waals surface area contributed by atoms with Crippen LogP contribution in [0.2, 0.25) is 0 Å². The number of ether oxygens (including phenoxy) is 1. The summed E-state index contributed by atoms with van der Waals surface area (Å²) in [5.41, 5.74) is 0.838. The van der Waals surface area contributed by atoms with Gasteiger partial charge in [-0.1, -0.05) is 0 Å². The number of carbonyl (C=O) groups excluding carboxylic acids is 1. The standard InChI is InChI=1S/C10H14O4S/c1-13-10(12)9-8(3-5-14-9)7-15-6-2-4-11/h3,5,11H,2,4,6-7H2,1H3. The normalized spacial score (nSPS) is 10.3. The molecule has 0 amide bonds. The number of furan rings is 1. The fraction of sp³-hybridized carbons (Fsp3) is 0.500. The van der Waals surface area contributed by atoms with Gasteiger partial charge in [-0.05, 0) is 18.2 Å². The van der Waals surface area contributed by atoms with E-state index in [4.69, 9.17) is 9.52 Å². The molecule has 1 N–H and O–H groups in total. The average molecular weight is 230 g/mol. The van der Waals surface area contributed by atoms with Crippen molar-refractivity contribution in [3.8, 4) is 0 Å². The summed E-state index contributed by atoms with van der Waals surface area (Å²) in [6, 6.07) is 1.76. The average Bonchev–Trinajstić information content (AvgIpc) is 2.71. The van der Waals surface area contributed by atoms with Crippen molar-refractivity contribution in [2.45, 2.75) is 12.2 Å². The van der Waals surface area contributed by atoms with Crippen LogP contribution in [0.25, 0.3) is 0 Å². The quantitative estimate of drug-likeness (QED) is 0.595. The number of rotatable bonds is 6. The minimum absolute atomic E-state index is 0.197. The Morgan fingerprint density at radius 3 is 3.13 bits per heavy atom. The van der Waals surface area contributed by atoms with Gasteiger partial charge in [-0.15, -0.1) is 0 Å². The van der Waals surface area contributed by atoms with Gasteiger partial charge >= 0.3 is 5.97 Å². The van der Waals surface area contributed by atoms with Crippen molar-refractivity contribution >= 4 is 17.7 Å². The number of methoxy groups -OCH3 is 1. The lowest BCUT2D eigenvalue weighted by molar-refractivity contribution is 0.0564. The zero-order chi connectivity index (χ0) is 11.1. The van der Waals surface area contributed by atoms with Crippen molar-refractivity contribution in [1.82, 2.24) is 0 Å². The van der Waals surface area contributed by atoms with Gasteiger partial charge in [-0.3, -0.25) is 0 Å². The molecule has 15 heavy (non-hydrogen) atoms. The minimum Gasteiger partial charge on any atom is -0.463 e. The first-order valence-electron chi connectivity index (χ1n) is 4.63.